The van der Waals surface area contributed by atoms with E-state index in [1.807, 2.05) is 12.3 Å². The van der Waals surface area contributed by atoms with Gasteiger partial charge in [0, 0.05) is 18.8 Å². The van der Waals surface area contributed by atoms with E-state index >= 15 is 0 Å². The SMILES string of the molecule is C[C@H](c1ccccn1)N(C)C[C@H]1CCCNC1. The lowest BCUT2D eigenvalue weighted by Gasteiger charge is -2.31. The van der Waals surface area contributed by atoms with E-state index in [0.29, 0.717) is 6.04 Å². The van der Waals surface area contributed by atoms with Gasteiger partial charge in [-0.05, 0) is 58.0 Å². The largest absolute Gasteiger partial charge is 0.316 e. The number of aromatic nitrogens is 1. The van der Waals surface area contributed by atoms with Crippen molar-refractivity contribution in [3.05, 3.63) is 30.1 Å². The average molecular weight is 233 g/mol. The molecule has 17 heavy (non-hydrogen) atoms. The lowest BCUT2D eigenvalue weighted by molar-refractivity contribution is 0.196. The number of piperidine rings is 1. The van der Waals surface area contributed by atoms with Gasteiger partial charge in [0.05, 0.1) is 5.69 Å². The monoisotopic (exact) mass is 233 g/mol. The number of nitrogens with one attached hydrogen (secondary N) is 1. The van der Waals surface area contributed by atoms with Crippen LogP contribution in [-0.4, -0.2) is 36.6 Å². The number of nitrogens with zero attached hydrogens (tertiary/aromatic N) is 2. The van der Waals surface area contributed by atoms with Gasteiger partial charge in [0.2, 0.25) is 0 Å². The minimum absolute atomic E-state index is 0.401. The van der Waals surface area contributed by atoms with E-state index in [9.17, 15) is 0 Å². The summed E-state index contributed by atoms with van der Waals surface area (Å²) in [5, 5.41) is 3.48. The molecule has 1 aromatic rings. The molecule has 0 aromatic carbocycles. The highest BCUT2D eigenvalue weighted by atomic mass is 15.1. The Bertz CT molecular complexity index is 319. The Labute approximate surface area is 104 Å². The zero-order valence-electron chi connectivity index (χ0n) is 10.9. The Morgan fingerprint density at radius 1 is 1.53 bits per heavy atom. The first kappa shape index (κ1) is 12.5. The lowest BCUT2D eigenvalue weighted by Crippen LogP contribution is -2.37. The molecule has 2 heterocycles. The van der Waals surface area contributed by atoms with Crippen LogP contribution in [-0.2, 0) is 0 Å². The van der Waals surface area contributed by atoms with Gasteiger partial charge < -0.3 is 5.32 Å². The third-order valence-corrected chi connectivity index (χ3v) is 3.72. The number of hydrogen-bond acceptors (Lipinski definition) is 3. The van der Waals surface area contributed by atoms with Gasteiger partial charge in [-0.15, -0.1) is 0 Å². The van der Waals surface area contributed by atoms with Gasteiger partial charge in [0.1, 0.15) is 0 Å². The Morgan fingerprint density at radius 3 is 3.06 bits per heavy atom. The van der Waals surface area contributed by atoms with Crippen LogP contribution in [0.4, 0.5) is 0 Å². The van der Waals surface area contributed by atoms with Crippen molar-refractivity contribution in [2.75, 3.05) is 26.7 Å². The number of hydrogen-bond donors (Lipinski definition) is 1. The quantitative estimate of drug-likeness (QED) is 0.863. The van der Waals surface area contributed by atoms with Gasteiger partial charge in [-0.2, -0.15) is 0 Å². The van der Waals surface area contributed by atoms with Crippen molar-refractivity contribution in [3.63, 3.8) is 0 Å². The third-order valence-electron chi connectivity index (χ3n) is 3.72. The Kier molecular flexibility index (Phi) is 4.51. The van der Waals surface area contributed by atoms with Crippen molar-refractivity contribution in [1.29, 1.82) is 0 Å². The smallest absolute Gasteiger partial charge is 0.0572 e. The summed E-state index contributed by atoms with van der Waals surface area (Å²) in [4.78, 5) is 6.85. The Balaban J connectivity index is 1.88. The summed E-state index contributed by atoms with van der Waals surface area (Å²) in [6.07, 6.45) is 4.55. The van der Waals surface area contributed by atoms with E-state index in [0.717, 1.165) is 12.5 Å². The van der Waals surface area contributed by atoms with E-state index in [-0.39, 0.29) is 0 Å². The highest BCUT2D eigenvalue weighted by Crippen LogP contribution is 2.19. The Morgan fingerprint density at radius 2 is 2.41 bits per heavy atom. The molecule has 0 bridgehead atoms. The molecule has 2 rings (SSSR count). The predicted octanol–water partition coefficient (Wildman–Crippen LogP) is 2.07. The van der Waals surface area contributed by atoms with E-state index < -0.39 is 0 Å². The van der Waals surface area contributed by atoms with Crippen LogP contribution in [0.2, 0.25) is 0 Å². The van der Waals surface area contributed by atoms with Crippen LogP contribution in [0.5, 0.6) is 0 Å². The highest BCUT2D eigenvalue weighted by molar-refractivity contribution is 5.07. The van der Waals surface area contributed by atoms with Crippen LogP contribution in [0.1, 0.15) is 31.5 Å². The number of rotatable bonds is 4. The molecule has 0 unspecified atom stereocenters. The maximum atomic E-state index is 4.44. The molecule has 1 saturated heterocycles. The fourth-order valence-corrected chi connectivity index (χ4v) is 2.49. The maximum absolute atomic E-state index is 4.44. The standard InChI is InChI=1S/C14H23N3/c1-12(14-7-3-4-9-16-14)17(2)11-13-6-5-8-15-10-13/h3-4,7,9,12-13,15H,5-6,8,10-11H2,1-2H3/t12-,13+/m1/s1. The average Bonchev–Trinajstić information content (AvgIpc) is 2.40. The van der Waals surface area contributed by atoms with Crippen molar-refractivity contribution in [2.45, 2.75) is 25.8 Å². The normalized spacial score (nSPS) is 22.6. The molecule has 0 aliphatic carbocycles. The van der Waals surface area contributed by atoms with Crippen LogP contribution >= 0.6 is 0 Å². The van der Waals surface area contributed by atoms with Crippen LogP contribution in [0.15, 0.2) is 24.4 Å². The van der Waals surface area contributed by atoms with Crippen molar-refractivity contribution >= 4 is 0 Å². The molecule has 0 radical (unpaired) electrons. The van der Waals surface area contributed by atoms with Crippen molar-refractivity contribution in [1.82, 2.24) is 15.2 Å². The molecule has 3 nitrogen and oxygen atoms in total. The second-order valence-electron chi connectivity index (χ2n) is 5.08. The van der Waals surface area contributed by atoms with Crippen molar-refractivity contribution in [3.8, 4) is 0 Å². The molecule has 1 aliphatic rings. The molecule has 0 spiro atoms. The van der Waals surface area contributed by atoms with Crippen molar-refractivity contribution in [2.24, 2.45) is 5.92 Å². The molecule has 3 heteroatoms. The van der Waals surface area contributed by atoms with E-state index in [4.69, 9.17) is 0 Å². The van der Waals surface area contributed by atoms with Crippen LogP contribution in [0, 0.1) is 5.92 Å². The van der Waals surface area contributed by atoms with Crippen LogP contribution in [0.3, 0.4) is 0 Å². The van der Waals surface area contributed by atoms with E-state index in [1.54, 1.807) is 0 Å². The summed E-state index contributed by atoms with van der Waals surface area (Å²) in [7, 11) is 2.20. The topological polar surface area (TPSA) is 28.2 Å². The third kappa shape index (κ3) is 3.51. The molecule has 94 valence electrons. The molecule has 1 aromatic heterocycles. The molecular weight excluding hydrogens is 210 g/mol. The minimum atomic E-state index is 0.401. The molecule has 2 atom stereocenters. The molecule has 1 N–H and O–H groups in total. The second kappa shape index (κ2) is 6.12. The van der Waals surface area contributed by atoms with Gasteiger partial charge >= 0.3 is 0 Å². The van der Waals surface area contributed by atoms with Crippen LogP contribution in [0.25, 0.3) is 0 Å². The molecule has 0 saturated carbocycles. The molecule has 1 aliphatic heterocycles. The van der Waals surface area contributed by atoms with Crippen molar-refractivity contribution < 1.29 is 0 Å². The van der Waals surface area contributed by atoms with Gasteiger partial charge in [0.15, 0.2) is 0 Å². The second-order valence-corrected chi connectivity index (χ2v) is 5.08. The van der Waals surface area contributed by atoms with Gasteiger partial charge in [-0.1, -0.05) is 6.07 Å². The predicted molar refractivity (Wildman–Crippen MR) is 70.9 cm³/mol. The fraction of sp³-hybridized carbons (Fsp3) is 0.643. The van der Waals surface area contributed by atoms with Crippen LogP contribution < -0.4 is 5.32 Å². The summed E-state index contributed by atoms with van der Waals surface area (Å²) in [6.45, 7) is 5.75. The molecule has 1 fully saturated rings. The summed E-state index contributed by atoms with van der Waals surface area (Å²) >= 11 is 0. The van der Waals surface area contributed by atoms with Gasteiger partial charge in [0.25, 0.3) is 0 Å². The minimum Gasteiger partial charge on any atom is -0.316 e. The first-order valence-electron chi connectivity index (χ1n) is 6.59. The Hall–Kier alpha value is -0.930. The first-order valence-corrected chi connectivity index (χ1v) is 6.59. The molecule has 0 amide bonds. The zero-order valence-corrected chi connectivity index (χ0v) is 10.9. The summed E-state index contributed by atoms with van der Waals surface area (Å²) in [6, 6.07) is 6.55. The summed E-state index contributed by atoms with van der Waals surface area (Å²) < 4.78 is 0. The molecular formula is C14H23N3. The summed E-state index contributed by atoms with van der Waals surface area (Å²) in [5.41, 5.74) is 1.17. The maximum Gasteiger partial charge on any atom is 0.0572 e. The van der Waals surface area contributed by atoms with Gasteiger partial charge in [-0.25, -0.2) is 0 Å². The van der Waals surface area contributed by atoms with E-state index in [2.05, 4.69) is 41.3 Å². The lowest BCUT2D eigenvalue weighted by atomic mass is 9.98. The first-order chi connectivity index (χ1) is 8.27. The highest BCUT2D eigenvalue weighted by Gasteiger charge is 2.19. The van der Waals surface area contributed by atoms with E-state index in [1.165, 1.54) is 31.6 Å². The zero-order chi connectivity index (χ0) is 12.1. The van der Waals surface area contributed by atoms with Gasteiger partial charge in [-0.3, -0.25) is 9.88 Å². The summed E-state index contributed by atoms with van der Waals surface area (Å²) in [5.74, 6) is 0.792. The fourth-order valence-electron chi connectivity index (χ4n) is 2.49. The number of pyridine rings is 1.